The molecule has 0 bridgehead atoms. The van der Waals surface area contributed by atoms with Crippen LogP contribution in [0.1, 0.15) is 49.1 Å². The van der Waals surface area contributed by atoms with Crippen molar-refractivity contribution in [3.05, 3.63) is 53.3 Å². The van der Waals surface area contributed by atoms with Gasteiger partial charge in [-0.05, 0) is 50.2 Å². The second-order valence-corrected chi connectivity index (χ2v) is 8.17. The Bertz CT molecular complexity index is 764. The minimum absolute atomic E-state index is 0.254. The zero-order valence-corrected chi connectivity index (χ0v) is 17.6. The van der Waals surface area contributed by atoms with Crippen LogP contribution in [0.15, 0.2) is 36.4 Å². The number of hydrogen-bond donors (Lipinski definition) is 0. The van der Waals surface area contributed by atoms with Crippen LogP contribution in [-0.2, 0) is 4.79 Å². The number of carbonyl (C=O) groups excluding carboxylic acids is 1. The molecule has 1 saturated heterocycles. The third-order valence-corrected chi connectivity index (χ3v) is 5.67. The van der Waals surface area contributed by atoms with Gasteiger partial charge >= 0.3 is 0 Å². The molecule has 1 unspecified atom stereocenters. The van der Waals surface area contributed by atoms with E-state index >= 15 is 0 Å². The Balaban J connectivity index is 1.48. The molecular weight excluding hydrogens is 348 g/mol. The Morgan fingerprint density at radius 3 is 2.36 bits per heavy atom. The van der Waals surface area contributed by atoms with Gasteiger partial charge in [0.15, 0.2) is 0 Å². The minimum Gasteiger partial charge on any atom is -0.345 e. The summed E-state index contributed by atoms with van der Waals surface area (Å²) >= 11 is 0. The van der Waals surface area contributed by atoms with E-state index in [0.717, 1.165) is 49.8 Å². The number of piperidine rings is 1. The largest absolute Gasteiger partial charge is 0.345 e. The molecule has 1 aliphatic heterocycles. The molecule has 28 heavy (non-hydrogen) atoms. The molecule has 1 fully saturated rings. The molecule has 0 radical (unpaired) electrons. The van der Waals surface area contributed by atoms with Crippen molar-refractivity contribution >= 4 is 11.9 Å². The van der Waals surface area contributed by atoms with Crippen LogP contribution in [-0.4, -0.2) is 47.5 Å². The molecule has 2 aromatic rings. The summed E-state index contributed by atoms with van der Waals surface area (Å²) in [6, 6.07) is 12.4. The maximum Gasteiger partial charge on any atom is 0.225 e. The highest BCUT2D eigenvalue weighted by molar-refractivity contribution is 5.76. The van der Waals surface area contributed by atoms with Gasteiger partial charge in [0.25, 0.3) is 0 Å². The molecule has 150 valence electrons. The summed E-state index contributed by atoms with van der Waals surface area (Å²) in [5, 5.41) is 0. The lowest BCUT2D eigenvalue weighted by Gasteiger charge is -2.33. The van der Waals surface area contributed by atoms with Gasteiger partial charge in [0.2, 0.25) is 11.9 Å². The summed E-state index contributed by atoms with van der Waals surface area (Å²) in [7, 11) is 1.93. The minimum atomic E-state index is 0.254. The summed E-state index contributed by atoms with van der Waals surface area (Å²) in [6.45, 7) is 8.81. The lowest BCUT2D eigenvalue weighted by molar-refractivity contribution is -0.131. The van der Waals surface area contributed by atoms with Crippen molar-refractivity contribution in [3.8, 4) is 0 Å². The molecule has 0 saturated carbocycles. The molecule has 2 heterocycles. The highest BCUT2D eigenvalue weighted by atomic mass is 16.2. The fraction of sp³-hybridized carbons (Fsp3) is 0.522. The number of carbonyl (C=O) groups is 1. The maximum absolute atomic E-state index is 12.7. The van der Waals surface area contributed by atoms with Crippen LogP contribution < -0.4 is 4.90 Å². The average Bonchev–Trinajstić information content (AvgIpc) is 2.68. The zero-order valence-electron chi connectivity index (χ0n) is 17.6. The van der Waals surface area contributed by atoms with Crippen molar-refractivity contribution in [2.45, 2.75) is 46.0 Å². The lowest BCUT2D eigenvalue weighted by atomic mass is 9.93. The molecule has 5 nitrogen and oxygen atoms in total. The third kappa shape index (κ3) is 5.31. The smallest absolute Gasteiger partial charge is 0.225 e. The molecule has 1 atom stereocenters. The number of anilines is 1. The van der Waals surface area contributed by atoms with Gasteiger partial charge in [-0.25, -0.2) is 9.97 Å². The van der Waals surface area contributed by atoms with Crippen molar-refractivity contribution in [1.82, 2.24) is 14.9 Å². The normalized spacial score (nSPS) is 16.1. The summed E-state index contributed by atoms with van der Waals surface area (Å²) < 4.78 is 0. The van der Waals surface area contributed by atoms with Crippen LogP contribution in [0.25, 0.3) is 0 Å². The molecule has 0 aliphatic carbocycles. The van der Waals surface area contributed by atoms with Crippen molar-refractivity contribution in [1.29, 1.82) is 0 Å². The number of benzene rings is 1. The Morgan fingerprint density at radius 1 is 1.14 bits per heavy atom. The Kier molecular flexibility index (Phi) is 6.65. The number of likely N-dealkylation sites (N-methyl/N-ethyl adjacent to an activating group) is 1. The van der Waals surface area contributed by atoms with Crippen LogP contribution in [0.2, 0.25) is 0 Å². The van der Waals surface area contributed by atoms with Gasteiger partial charge in [0.05, 0.1) is 0 Å². The number of amides is 1. The highest BCUT2D eigenvalue weighted by Gasteiger charge is 2.25. The Labute approximate surface area is 168 Å². The molecule has 3 rings (SSSR count). The monoisotopic (exact) mass is 380 g/mol. The number of aryl methyl sites for hydroxylation is 2. The van der Waals surface area contributed by atoms with Gasteiger partial charge < -0.3 is 9.80 Å². The molecule has 1 aliphatic rings. The van der Waals surface area contributed by atoms with Crippen molar-refractivity contribution < 1.29 is 4.79 Å². The summed E-state index contributed by atoms with van der Waals surface area (Å²) in [4.78, 5) is 26.0. The maximum atomic E-state index is 12.7. The number of hydrogen-bond acceptors (Lipinski definition) is 4. The Morgan fingerprint density at radius 2 is 1.75 bits per heavy atom. The molecule has 0 N–H and O–H groups in total. The van der Waals surface area contributed by atoms with Crippen LogP contribution >= 0.6 is 0 Å². The van der Waals surface area contributed by atoms with Crippen molar-refractivity contribution in [2.24, 2.45) is 5.92 Å². The number of aromatic nitrogens is 2. The second kappa shape index (κ2) is 9.18. The van der Waals surface area contributed by atoms with Gasteiger partial charge in [-0.3, -0.25) is 4.79 Å². The lowest BCUT2D eigenvalue weighted by Crippen LogP contribution is -2.38. The second-order valence-electron chi connectivity index (χ2n) is 8.17. The summed E-state index contributed by atoms with van der Waals surface area (Å²) in [5.41, 5.74) is 3.30. The first kappa shape index (κ1) is 20.3. The van der Waals surface area contributed by atoms with E-state index in [4.69, 9.17) is 0 Å². The summed E-state index contributed by atoms with van der Waals surface area (Å²) in [5.74, 6) is 1.88. The number of rotatable bonds is 6. The first-order chi connectivity index (χ1) is 13.4. The molecule has 1 amide bonds. The summed E-state index contributed by atoms with van der Waals surface area (Å²) in [6.07, 6.45) is 2.67. The van der Waals surface area contributed by atoms with E-state index in [9.17, 15) is 4.79 Å². The van der Waals surface area contributed by atoms with Crippen LogP contribution in [0.4, 0.5) is 5.95 Å². The van der Waals surface area contributed by atoms with Gasteiger partial charge in [-0.15, -0.1) is 0 Å². The topological polar surface area (TPSA) is 49.3 Å². The van der Waals surface area contributed by atoms with E-state index in [0.29, 0.717) is 18.3 Å². The van der Waals surface area contributed by atoms with Crippen molar-refractivity contribution in [3.63, 3.8) is 0 Å². The van der Waals surface area contributed by atoms with Gasteiger partial charge in [-0.2, -0.15) is 0 Å². The Hall–Kier alpha value is -2.43. The van der Waals surface area contributed by atoms with E-state index in [1.54, 1.807) is 0 Å². The van der Waals surface area contributed by atoms with E-state index in [1.165, 1.54) is 5.56 Å². The standard InChI is InChI=1S/C23H32N4O/c1-17(21-8-6-5-7-9-21)16-26(4)22(28)15-20-10-12-27(13-11-20)23-24-18(2)14-19(3)25-23/h5-9,14,17,20H,10-13,15-16H2,1-4H3. The van der Waals surface area contributed by atoms with Crippen LogP contribution in [0.5, 0.6) is 0 Å². The molecule has 1 aromatic heterocycles. The van der Waals surface area contributed by atoms with Crippen LogP contribution in [0.3, 0.4) is 0 Å². The van der Waals surface area contributed by atoms with Gasteiger partial charge in [0, 0.05) is 44.5 Å². The number of nitrogens with zero attached hydrogens (tertiary/aromatic N) is 4. The predicted molar refractivity (Wildman–Crippen MR) is 114 cm³/mol. The van der Waals surface area contributed by atoms with Gasteiger partial charge in [0.1, 0.15) is 0 Å². The zero-order chi connectivity index (χ0) is 20.1. The van der Waals surface area contributed by atoms with Gasteiger partial charge in [-0.1, -0.05) is 37.3 Å². The molecular formula is C23H32N4O. The van der Waals surface area contributed by atoms with Crippen molar-refractivity contribution in [2.75, 3.05) is 31.6 Å². The first-order valence-electron chi connectivity index (χ1n) is 10.3. The first-order valence-corrected chi connectivity index (χ1v) is 10.3. The van der Waals surface area contributed by atoms with E-state index in [2.05, 4.69) is 46.1 Å². The van der Waals surface area contributed by atoms with Crippen LogP contribution in [0, 0.1) is 19.8 Å². The SMILES string of the molecule is Cc1cc(C)nc(N2CCC(CC(=O)N(C)CC(C)c3ccccc3)CC2)n1. The third-order valence-electron chi connectivity index (χ3n) is 5.67. The predicted octanol–water partition coefficient (Wildman–Crippen LogP) is 3.96. The molecule has 1 aromatic carbocycles. The van der Waals surface area contributed by atoms with E-state index in [-0.39, 0.29) is 5.91 Å². The fourth-order valence-electron chi connectivity index (χ4n) is 3.99. The van der Waals surface area contributed by atoms with E-state index < -0.39 is 0 Å². The quantitative estimate of drug-likeness (QED) is 0.761. The highest BCUT2D eigenvalue weighted by Crippen LogP contribution is 2.25. The van der Waals surface area contributed by atoms with E-state index in [1.807, 2.05) is 37.9 Å². The molecule has 5 heteroatoms. The fourth-order valence-corrected chi connectivity index (χ4v) is 3.99. The molecule has 0 spiro atoms. The average molecular weight is 381 g/mol.